The third kappa shape index (κ3) is 4.43. The molecule has 0 radical (unpaired) electrons. The summed E-state index contributed by atoms with van der Waals surface area (Å²) in [5, 5.41) is 18.6. The average molecular weight is 424 g/mol. The molecular weight excluding hydrogens is 404 g/mol. The van der Waals surface area contributed by atoms with Crippen molar-refractivity contribution in [2.24, 2.45) is 0 Å². The second kappa shape index (κ2) is 8.95. The Balaban J connectivity index is 1.34. The molecule has 1 aliphatic heterocycles. The Morgan fingerprint density at radius 2 is 1.83 bits per heavy atom. The van der Waals surface area contributed by atoms with E-state index in [2.05, 4.69) is 15.2 Å². The summed E-state index contributed by atoms with van der Waals surface area (Å²) in [7, 11) is 0. The number of H-pyrrole nitrogens is 1. The van der Waals surface area contributed by atoms with Gasteiger partial charge in [0, 0.05) is 43.6 Å². The number of para-hydroxylation sites is 2. The normalized spacial score (nSPS) is 14.0. The van der Waals surface area contributed by atoms with Gasteiger partial charge in [-0.2, -0.15) is 5.10 Å². The van der Waals surface area contributed by atoms with Crippen LogP contribution in [0.4, 0.5) is 11.4 Å². The van der Waals surface area contributed by atoms with Crippen LogP contribution in [0.1, 0.15) is 15.9 Å². The molecule has 2 heterocycles. The van der Waals surface area contributed by atoms with Crippen molar-refractivity contribution >= 4 is 29.0 Å². The van der Waals surface area contributed by atoms with Crippen molar-refractivity contribution < 1.29 is 9.72 Å². The number of piperazine rings is 1. The van der Waals surface area contributed by atoms with Gasteiger partial charge < -0.3 is 9.80 Å². The maximum atomic E-state index is 12.8. The Morgan fingerprint density at radius 1 is 1.10 bits per heavy atom. The molecule has 30 heavy (non-hydrogen) atoms. The third-order valence-electron chi connectivity index (χ3n) is 4.96. The Bertz CT molecular complexity index is 1020. The lowest BCUT2D eigenvalue weighted by molar-refractivity contribution is -0.384. The van der Waals surface area contributed by atoms with E-state index in [-0.39, 0.29) is 16.5 Å². The van der Waals surface area contributed by atoms with Gasteiger partial charge >= 0.3 is 0 Å². The zero-order chi connectivity index (χ0) is 20.9. The Labute approximate surface area is 177 Å². The lowest BCUT2D eigenvalue weighted by Crippen LogP contribution is -2.48. The predicted octanol–water partition coefficient (Wildman–Crippen LogP) is 2.97. The zero-order valence-corrected chi connectivity index (χ0v) is 16.9. The molecule has 0 spiro atoms. The van der Waals surface area contributed by atoms with E-state index in [1.54, 1.807) is 34.9 Å². The first-order valence-corrected chi connectivity index (χ1v) is 10.4. The van der Waals surface area contributed by atoms with Crippen LogP contribution in [0, 0.1) is 10.1 Å². The molecule has 2 aromatic carbocycles. The highest BCUT2D eigenvalue weighted by Crippen LogP contribution is 2.28. The summed E-state index contributed by atoms with van der Waals surface area (Å²) in [5.41, 5.74) is 2.43. The standard InChI is InChI=1S/C20H20N6O3S/c27-19(16-7-5-15(6-8-16)13-30-20-21-14-22-23-20)25-11-9-24(10-12-25)17-3-1-2-4-18(17)26(28)29/h1-8,14H,9-13H2,(H,21,22,23). The molecule has 0 bridgehead atoms. The van der Waals surface area contributed by atoms with Crippen LogP contribution >= 0.6 is 11.8 Å². The lowest BCUT2D eigenvalue weighted by Gasteiger charge is -2.35. The van der Waals surface area contributed by atoms with Crippen molar-refractivity contribution in [1.29, 1.82) is 0 Å². The predicted molar refractivity (Wildman–Crippen MR) is 114 cm³/mol. The van der Waals surface area contributed by atoms with E-state index in [1.807, 2.05) is 29.2 Å². The molecule has 0 unspecified atom stereocenters. The van der Waals surface area contributed by atoms with Crippen LogP contribution in [0.15, 0.2) is 60.0 Å². The van der Waals surface area contributed by atoms with Gasteiger partial charge in [0.1, 0.15) is 12.0 Å². The third-order valence-corrected chi connectivity index (χ3v) is 5.90. The quantitative estimate of drug-likeness (QED) is 0.368. The van der Waals surface area contributed by atoms with Crippen LogP contribution in [0.5, 0.6) is 0 Å². The van der Waals surface area contributed by atoms with Crippen molar-refractivity contribution in [3.05, 3.63) is 76.1 Å². The molecule has 3 aromatic rings. The monoisotopic (exact) mass is 424 g/mol. The molecule has 1 aliphatic rings. The number of hydrogen-bond acceptors (Lipinski definition) is 7. The number of hydrogen-bond donors (Lipinski definition) is 1. The molecular formula is C20H20N6O3S. The number of nitro groups is 1. The summed E-state index contributed by atoms with van der Waals surface area (Å²) in [4.78, 5) is 31.6. The summed E-state index contributed by atoms with van der Waals surface area (Å²) in [6.45, 7) is 2.16. The zero-order valence-electron chi connectivity index (χ0n) is 16.1. The Hall–Kier alpha value is -3.40. The number of benzene rings is 2. The van der Waals surface area contributed by atoms with Crippen molar-refractivity contribution in [2.45, 2.75) is 10.9 Å². The van der Waals surface area contributed by atoms with Gasteiger partial charge in [-0.05, 0) is 23.8 Å². The smallest absolute Gasteiger partial charge is 0.292 e. The summed E-state index contributed by atoms with van der Waals surface area (Å²) in [5.74, 6) is 0.713. The number of amides is 1. The highest BCUT2D eigenvalue weighted by molar-refractivity contribution is 7.98. The first kappa shape index (κ1) is 19.9. The Morgan fingerprint density at radius 3 is 2.50 bits per heavy atom. The van der Waals surface area contributed by atoms with E-state index in [1.165, 1.54) is 12.4 Å². The van der Waals surface area contributed by atoms with Crippen LogP contribution in [0.25, 0.3) is 0 Å². The minimum atomic E-state index is -0.366. The van der Waals surface area contributed by atoms with Gasteiger partial charge in [-0.3, -0.25) is 20.0 Å². The van der Waals surface area contributed by atoms with Crippen molar-refractivity contribution in [3.8, 4) is 0 Å². The van der Waals surface area contributed by atoms with E-state index in [0.29, 0.717) is 37.4 Å². The molecule has 1 fully saturated rings. The fourth-order valence-corrected chi connectivity index (χ4v) is 4.11. The van der Waals surface area contributed by atoms with E-state index in [9.17, 15) is 14.9 Å². The summed E-state index contributed by atoms with van der Waals surface area (Å²) >= 11 is 1.55. The average Bonchev–Trinajstić information content (AvgIpc) is 3.31. The first-order chi connectivity index (χ1) is 14.6. The van der Waals surface area contributed by atoms with Crippen LogP contribution in [0.3, 0.4) is 0 Å². The van der Waals surface area contributed by atoms with Crippen molar-refractivity contribution in [2.75, 3.05) is 31.1 Å². The molecule has 10 heteroatoms. The van der Waals surface area contributed by atoms with Crippen molar-refractivity contribution in [3.63, 3.8) is 0 Å². The molecule has 9 nitrogen and oxygen atoms in total. The number of aromatic nitrogens is 3. The minimum absolute atomic E-state index is 0.0216. The van der Waals surface area contributed by atoms with Gasteiger partial charge in [-0.1, -0.05) is 36.0 Å². The highest BCUT2D eigenvalue weighted by atomic mass is 32.2. The number of nitro benzene ring substituents is 1. The number of carbonyl (C=O) groups is 1. The number of nitrogens with one attached hydrogen (secondary N) is 1. The van der Waals surface area contributed by atoms with Gasteiger partial charge in [0.2, 0.25) is 0 Å². The van der Waals surface area contributed by atoms with Gasteiger partial charge in [0.15, 0.2) is 5.16 Å². The van der Waals surface area contributed by atoms with E-state index in [4.69, 9.17) is 0 Å². The number of nitrogens with zero attached hydrogens (tertiary/aromatic N) is 5. The van der Waals surface area contributed by atoms with E-state index >= 15 is 0 Å². The molecule has 1 aromatic heterocycles. The van der Waals surface area contributed by atoms with Gasteiger partial charge in [-0.15, -0.1) is 0 Å². The minimum Gasteiger partial charge on any atom is -0.362 e. The number of thioether (sulfide) groups is 1. The fourth-order valence-electron chi connectivity index (χ4n) is 3.38. The molecule has 1 amide bonds. The first-order valence-electron chi connectivity index (χ1n) is 9.46. The molecule has 0 atom stereocenters. The molecule has 154 valence electrons. The van der Waals surface area contributed by atoms with Crippen LogP contribution < -0.4 is 4.90 Å². The molecule has 1 N–H and O–H groups in total. The molecule has 0 aliphatic carbocycles. The maximum Gasteiger partial charge on any atom is 0.292 e. The molecule has 4 rings (SSSR count). The van der Waals surface area contributed by atoms with E-state index in [0.717, 1.165) is 16.5 Å². The number of rotatable bonds is 6. The topological polar surface area (TPSA) is 108 Å². The van der Waals surface area contributed by atoms with Crippen molar-refractivity contribution in [1.82, 2.24) is 20.1 Å². The largest absolute Gasteiger partial charge is 0.362 e. The van der Waals surface area contributed by atoms with Crippen LogP contribution in [0.2, 0.25) is 0 Å². The second-order valence-electron chi connectivity index (χ2n) is 6.80. The highest BCUT2D eigenvalue weighted by Gasteiger charge is 2.26. The number of anilines is 1. The van der Waals surface area contributed by atoms with Crippen LogP contribution in [-0.2, 0) is 5.75 Å². The van der Waals surface area contributed by atoms with E-state index < -0.39 is 0 Å². The van der Waals surface area contributed by atoms with Gasteiger partial charge in [0.05, 0.1) is 4.92 Å². The second-order valence-corrected chi connectivity index (χ2v) is 7.77. The summed E-state index contributed by atoms with van der Waals surface area (Å²) in [6, 6.07) is 14.3. The van der Waals surface area contributed by atoms with Crippen LogP contribution in [-0.4, -0.2) is 57.1 Å². The molecule has 0 saturated carbocycles. The van der Waals surface area contributed by atoms with Gasteiger partial charge in [0.25, 0.3) is 11.6 Å². The molecule has 1 saturated heterocycles. The summed E-state index contributed by atoms with van der Waals surface area (Å²) in [6.07, 6.45) is 1.47. The fraction of sp³-hybridized carbons (Fsp3) is 0.250. The number of carbonyl (C=O) groups excluding carboxylic acids is 1. The maximum absolute atomic E-state index is 12.8. The number of aromatic amines is 1. The van der Waals surface area contributed by atoms with Gasteiger partial charge in [-0.25, -0.2) is 4.98 Å². The Kier molecular flexibility index (Phi) is 5.94. The lowest BCUT2D eigenvalue weighted by atomic mass is 10.1. The summed E-state index contributed by atoms with van der Waals surface area (Å²) < 4.78 is 0. The SMILES string of the molecule is O=C(c1ccc(CSc2ncn[nH]2)cc1)N1CCN(c2ccccc2[N+](=O)[O-])CC1.